The van der Waals surface area contributed by atoms with Crippen molar-refractivity contribution in [3.8, 4) is 0 Å². The Morgan fingerprint density at radius 3 is 2.71 bits per heavy atom. The van der Waals surface area contributed by atoms with Crippen LogP contribution in [0, 0.1) is 0 Å². The van der Waals surface area contributed by atoms with Crippen molar-refractivity contribution >= 4 is 11.8 Å². The molecule has 1 aromatic carbocycles. The fourth-order valence-corrected chi connectivity index (χ4v) is 4.60. The Hall–Kier alpha value is -1.26. The van der Waals surface area contributed by atoms with Crippen molar-refractivity contribution in [3.63, 3.8) is 0 Å². The summed E-state index contributed by atoms with van der Waals surface area (Å²) in [5, 5.41) is 5.20. The van der Waals surface area contributed by atoms with Gasteiger partial charge < -0.3 is 9.88 Å². The number of nitrogens with one attached hydrogen (secondary N) is 1. The Morgan fingerprint density at radius 2 is 2.05 bits per heavy atom. The first-order valence-corrected chi connectivity index (χ1v) is 8.52. The van der Waals surface area contributed by atoms with E-state index in [1.807, 2.05) is 24.2 Å². The van der Waals surface area contributed by atoms with E-state index < -0.39 is 0 Å². The Bertz CT molecular complexity index is 566. The van der Waals surface area contributed by atoms with Gasteiger partial charge in [0.2, 0.25) is 0 Å². The van der Waals surface area contributed by atoms with E-state index in [2.05, 4.69) is 59.3 Å². The monoisotopic (exact) mass is 301 g/mol. The van der Waals surface area contributed by atoms with Crippen LogP contribution >= 0.6 is 11.8 Å². The number of thioether (sulfide) groups is 1. The van der Waals surface area contributed by atoms with Crippen LogP contribution in [-0.4, -0.2) is 27.9 Å². The number of nitrogens with zero attached hydrogens (tertiary/aromatic N) is 2. The molecule has 1 aromatic heterocycles. The van der Waals surface area contributed by atoms with Gasteiger partial charge in [-0.15, -0.1) is 0 Å². The van der Waals surface area contributed by atoms with Crippen LogP contribution in [0.25, 0.3) is 0 Å². The third-order valence-corrected chi connectivity index (χ3v) is 5.90. The van der Waals surface area contributed by atoms with Gasteiger partial charge in [-0.3, -0.25) is 0 Å². The Balaban J connectivity index is 1.74. The van der Waals surface area contributed by atoms with Crippen molar-refractivity contribution in [1.29, 1.82) is 0 Å². The van der Waals surface area contributed by atoms with E-state index in [1.54, 1.807) is 0 Å². The van der Waals surface area contributed by atoms with Crippen molar-refractivity contribution in [2.45, 2.75) is 41.6 Å². The van der Waals surface area contributed by atoms with Crippen LogP contribution in [0.4, 0.5) is 0 Å². The number of hydrogen-bond acceptors (Lipinski definition) is 3. The smallest absolute Gasteiger partial charge is 0.167 e. The zero-order valence-corrected chi connectivity index (χ0v) is 13.5. The molecule has 3 atom stereocenters. The van der Waals surface area contributed by atoms with E-state index in [4.69, 9.17) is 0 Å². The molecule has 0 bridgehead atoms. The molecule has 1 aliphatic carbocycles. The first-order chi connectivity index (χ1) is 10.3. The second-order valence-corrected chi connectivity index (χ2v) is 7.00. The van der Waals surface area contributed by atoms with E-state index >= 15 is 0 Å². The Labute approximate surface area is 131 Å². The number of hydrogen-bond donors (Lipinski definition) is 1. The third-order valence-electron chi connectivity index (χ3n) is 4.47. The molecule has 1 fully saturated rings. The zero-order chi connectivity index (χ0) is 14.7. The van der Waals surface area contributed by atoms with Gasteiger partial charge in [-0.2, -0.15) is 0 Å². The molecule has 3 rings (SSSR count). The van der Waals surface area contributed by atoms with Gasteiger partial charge in [-0.05, 0) is 37.8 Å². The van der Waals surface area contributed by atoms with Crippen molar-refractivity contribution < 1.29 is 0 Å². The summed E-state index contributed by atoms with van der Waals surface area (Å²) in [4.78, 5) is 4.47. The molecule has 112 valence electrons. The first kappa shape index (κ1) is 14.7. The summed E-state index contributed by atoms with van der Waals surface area (Å²) in [6.07, 6.45) is 7.63. The highest BCUT2D eigenvalue weighted by Crippen LogP contribution is 2.40. The molecule has 0 radical (unpaired) electrons. The molecular weight excluding hydrogens is 278 g/mol. The summed E-state index contributed by atoms with van der Waals surface area (Å²) in [5.74, 6) is 0.675. The van der Waals surface area contributed by atoms with E-state index in [0.29, 0.717) is 17.2 Å². The van der Waals surface area contributed by atoms with Crippen molar-refractivity contribution in [3.05, 3.63) is 48.3 Å². The second kappa shape index (κ2) is 6.67. The summed E-state index contributed by atoms with van der Waals surface area (Å²) >= 11 is 1.92. The van der Waals surface area contributed by atoms with E-state index in [9.17, 15) is 0 Å². The van der Waals surface area contributed by atoms with Crippen LogP contribution in [0.5, 0.6) is 0 Å². The lowest BCUT2D eigenvalue weighted by atomic mass is 9.81. The summed E-state index contributed by atoms with van der Waals surface area (Å²) in [6, 6.07) is 11.5. The largest absolute Gasteiger partial charge is 0.329 e. The molecule has 0 spiro atoms. The van der Waals surface area contributed by atoms with Gasteiger partial charge in [0.25, 0.3) is 0 Å². The minimum Gasteiger partial charge on any atom is -0.329 e. The topological polar surface area (TPSA) is 29.9 Å². The number of benzene rings is 1. The maximum atomic E-state index is 4.47. The molecule has 0 amide bonds. The van der Waals surface area contributed by atoms with Crippen LogP contribution in [-0.2, 0) is 7.05 Å². The Morgan fingerprint density at radius 1 is 1.24 bits per heavy atom. The highest BCUT2D eigenvalue weighted by atomic mass is 32.2. The lowest BCUT2D eigenvalue weighted by Crippen LogP contribution is -2.40. The Kier molecular flexibility index (Phi) is 4.66. The average molecular weight is 301 g/mol. The molecule has 0 aliphatic heterocycles. The molecule has 0 saturated heterocycles. The van der Waals surface area contributed by atoms with Crippen LogP contribution in [0.15, 0.2) is 47.9 Å². The molecule has 1 aliphatic rings. The van der Waals surface area contributed by atoms with Gasteiger partial charge in [0, 0.05) is 30.7 Å². The summed E-state index contributed by atoms with van der Waals surface area (Å²) in [6.45, 7) is 0. The van der Waals surface area contributed by atoms with Crippen molar-refractivity contribution in [1.82, 2.24) is 14.9 Å². The molecule has 2 aromatic rings. The quantitative estimate of drug-likeness (QED) is 0.938. The molecule has 21 heavy (non-hydrogen) atoms. The minimum absolute atomic E-state index is 0.576. The molecule has 4 heteroatoms. The zero-order valence-electron chi connectivity index (χ0n) is 12.7. The van der Waals surface area contributed by atoms with Crippen LogP contribution in [0.3, 0.4) is 0 Å². The van der Waals surface area contributed by atoms with E-state index in [0.717, 1.165) is 5.16 Å². The highest BCUT2D eigenvalue weighted by molar-refractivity contribution is 7.99. The van der Waals surface area contributed by atoms with Gasteiger partial charge in [0.1, 0.15) is 0 Å². The van der Waals surface area contributed by atoms with Gasteiger partial charge in [0.15, 0.2) is 5.16 Å². The predicted octanol–water partition coefficient (Wildman–Crippen LogP) is 3.44. The number of aromatic nitrogens is 2. The molecule has 3 nitrogen and oxygen atoms in total. The number of rotatable bonds is 4. The lowest BCUT2D eigenvalue weighted by Gasteiger charge is -2.35. The van der Waals surface area contributed by atoms with Crippen molar-refractivity contribution in [2.75, 3.05) is 7.05 Å². The summed E-state index contributed by atoms with van der Waals surface area (Å²) in [7, 11) is 4.15. The predicted molar refractivity (Wildman–Crippen MR) is 88.7 cm³/mol. The first-order valence-electron chi connectivity index (χ1n) is 7.64. The van der Waals surface area contributed by atoms with Gasteiger partial charge in [-0.1, -0.05) is 42.1 Å². The average Bonchev–Trinajstić information content (AvgIpc) is 2.93. The molecule has 1 N–H and O–H groups in total. The fraction of sp³-hybridized carbons (Fsp3) is 0.471. The lowest BCUT2D eigenvalue weighted by molar-refractivity contribution is 0.368. The minimum atomic E-state index is 0.576. The third kappa shape index (κ3) is 3.33. The maximum absolute atomic E-state index is 4.47. The fourth-order valence-electron chi connectivity index (χ4n) is 3.22. The van der Waals surface area contributed by atoms with Gasteiger partial charge in [0.05, 0.1) is 0 Å². The number of imidazole rings is 1. The van der Waals surface area contributed by atoms with Gasteiger partial charge >= 0.3 is 0 Å². The van der Waals surface area contributed by atoms with Crippen LogP contribution < -0.4 is 5.32 Å². The second-order valence-electron chi connectivity index (χ2n) is 5.79. The SMILES string of the molecule is CNC1CCC(c2ccccc2)CC1Sc1nccn1C. The van der Waals surface area contributed by atoms with Crippen LogP contribution in [0.1, 0.15) is 30.7 Å². The maximum Gasteiger partial charge on any atom is 0.167 e. The highest BCUT2D eigenvalue weighted by Gasteiger charge is 2.31. The van der Waals surface area contributed by atoms with E-state index in [-0.39, 0.29) is 0 Å². The van der Waals surface area contributed by atoms with Gasteiger partial charge in [-0.25, -0.2) is 4.98 Å². The molecule has 3 unspecified atom stereocenters. The van der Waals surface area contributed by atoms with E-state index in [1.165, 1.54) is 24.8 Å². The molecule has 1 heterocycles. The molecular formula is C17H23N3S. The van der Waals surface area contributed by atoms with Crippen LogP contribution in [0.2, 0.25) is 0 Å². The van der Waals surface area contributed by atoms with Crippen molar-refractivity contribution in [2.24, 2.45) is 7.05 Å². The summed E-state index contributed by atoms with van der Waals surface area (Å²) in [5.41, 5.74) is 1.48. The normalized spacial score (nSPS) is 25.9. The standard InChI is InChI=1S/C17H23N3S/c1-18-15-9-8-14(13-6-4-3-5-7-13)12-16(15)21-17-19-10-11-20(17)2/h3-7,10-11,14-16,18H,8-9,12H2,1-2H3. The molecule has 1 saturated carbocycles. The number of aryl methyl sites for hydroxylation is 1. The summed E-state index contributed by atoms with van der Waals surface area (Å²) < 4.78 is 2.11.